The maximum Gasteiger partial charge on any atom is 0.127 e. The predicted octanol–water partition coefficient (Wildman–Crippen LogP) is 5.20. The molecule has 0 amide bonds. The largest absolute Gasteiger partial charge is 0.457 e. The molecule has 3 nitrogen and oxygen atoms in total. The summed E-state index contributed by atoms with van der Waals surface area (Å²) in [4.78, 5) is 3.63. The van der Waals surface area contributed by atoms with Gasteiger partial charge in [0.05, 0.1) is 6.04 Å². The molecule has 0 saturated carbocycles. The molecule has 0 aliphatic carbocycles. The van der Waals surface area contributed by atoms with Crippen LogP contribution < -0.4 is 10.1 Å². The number of benzene rings is 3. The molecule has 3 heteroatoms. The van der Waals surface area contributed by atoms with E-state index in [2.05, 4.69) is 52.8 Å². The van der Waals surface area contributed by atoms with Gasteiger partial charge in [0.25, 0.3) is 0 Å². The van der Waals surface area contributed by atoms with Gasteiger partial charge in [-0.2, -0.15) is 0 Å². The summed E-state index contributed by atoms with van der Waals surface area (Å²) in [5.41, 5.74) is 5.13. The number of hydrogen-bond acceptors (Lipinski definition) is 2. The SMILES string of the molecule is c1ccc(Oc2cccc(C3NCCc4c3[nH]c3ccccc43)c2)cc1. The average molecular weight is 340 g/mol. The molecule has 1 aromatic heterocycles. The summed E-state index contributed by atoms with van der Waals surface area (Å²) in [5.74, 6) is 1.71. The number of fused-ring (bicyclic) bond motifs is 3. The third-order valence-electron chi connectivity index (χ3n) is 5.03. The van der Waals surface area contributed by atoms with Gasteiger partial charge in [-0.15, -0.1) is 0 Å². The lowest BCUT2D eigenvalue weighted by Crippen LogP contribution is -2.30. The van der Waals surface area contributed by atoms with Crippen molar-refractivity contribution in [2.24, 2.45) is 0 Å². The van der Waals surface area contributed by atoms with Crippen molar-refractivity contribution in [2.75, 3.05) is 6.54 Å². The van der Waals surface area contributed by atoms with Crippen LogP contribution in [0.25, 0.3) is 10.9 Å². The zero-order valence-corrected chi connectivity index (χ0v) is 14.4. The molecule has 1 unspecified atom stereocenters. The Hall–Kier alpha value is -3.04. The lowest BCUT2D eigenvalue weighted by Gasteiger charge is -2.25. The Bertz CT molecular complexity index is 1050. The number of nitrogens with one attached hydrogen (secondary N) is 2. The number of H-pyrrole nitrogens is 1. The number of hydrogen-bond donors (Lipinski definition) is 2. The highest BCUT2D eigenvalue weighted by molar-refractivity contribution is 5.85. The molecule has 1 atom stereocenters. The minimum atomic E-state index is 0.158. The molecular weight excluding hydrogens is 320 g/mol. The maximum absolute atomic E-state index is 6.02. The second-order valence-electron chi connectivity index (χ2n) is 6.69. The lowest BCUT2D eigenvalue weighted by atomic mass is 9.94. The van der Waals surface area contributed by atoms with E-state index < -0.39 is 0 Å². The molecule has 128 valence electrons. The average Bonchev–Trinajstić information content (AvgIpc) is 3.08. The van der Waals surface area contributed by atoms with E-state index in [1.165, 1.54) is 27.7 Å². The number of para-hydroxylation sites is 2. The van der Waals surface area contributed by atoms with Crippen molar-refractivity contribution in [3.63, 3.8) is 0 Å². The van der Waals surface area contributed by atoms with Crippen molar-refractivity contribution in [2.45, 2.75) is 12.5 Å². The van der Waals surface area contributed by atoms with Crippen molar-refractivity contribution < 1.29 is 4.74 Å². The van der Waals surface area contributed by atoms with Gasteiger partial charge in [-0.3, -0.25) is 0 Å². The molecule has 0 spiro atoms. The Labute approximate surface area is 152 Å². The summed E-state index contributed by atoms with van der Waals surface area (Å²) in [5, 5.41) is 5.00. The molecule has 0 radical (unpaired) electrons. The number of aromatic nitrogens is 1. The molecule has 3 aromatic carbocycles. The topological polar surface area (TPSA) is 37.0 Å². The van der Waals surface area contributed by atoms with Crippen LogP contribution >= 0.6 is 0 Å². The van der Waals surface area contributed by atoms with Crippen molar-refractivity contribution in [1.29, 1.82) is 0 Å². The highest BCUT2D eigenvalue weighted by Gasteiger charge is 2.25. The number of aromatic amines is 1. The third-order valence-corrected chi connectivity index (χ3v) is 5.03. The first-order chi connectivity index (χ1) is 12.9. The monoisotopic (exact) mass is 340 g/mol. The first-order valence-corrected chi connectivity index (χ1v) is 9.04. The smallest absolute Gasteiger partial charge is 0.127 e. The van der Waals surface area contributed by atoms with Crippen molar-refractivity contribution in [3.8, 4) is 11.5 Å². The third kappa shape index (κ3) is 2.67. The van der Waals surface area contributed by atoms with Crippen LogP contribution in [0.15, 0.2) is 78.9 Å². The van der Waals surface area contributed by atoms with E-state index in [0.29, 0.717) is 0 Å². The van der Waals surface area contributed by atoms with Gasteiger partial charge in [0.2, 0.25) is 0 Å². The normalized spacial score (nSPS) is 16.4. The summed E-state index contributed by atoms with van der Waals surface area (Å²) >= 11 is 0. The Balaban J connectivity index is 1.52. The van der Waals surface area contributed by atoms with Crippen molar-refractivity contribution in [1.82, 2.24) is 10.3 Å². The van der Waals surface area contributed by atoms with Gasteiger partial charge in [0, 0.05) is 23.1 Å². The minimum absolute atomic E-state index is 0.158. The standard InChI is InChI=1S/C23H20N2O/c1-2-8-17(9-3-1)26-18-10-6-7-16(15-18)22-23-20(13-14-24-22)19-11-4-5-12-21(19)25-23/h1-12,15,22,24-25H,13-14H2. The van der Waals surface area contributed by atoms with Crippen LogP contribution in [0.2, 0.25) is 0 Å². The van der Waals surface area contributed by atoms with E-state index in [-0.39, 0.29) is 6.04 Å². The predicted molar refractivity (Wildman–Crippen MR) is 105 cm³/mol. The van der Waals surface area contributed by atoms with Gasteiger partial charge in [-0.25, -0.2) is 0 Å². The quantitative estimate of drug-likeness (QED) is 0.538. The van der Waals surface area contributed by atoms with Crippen LogP contribution in [0.5, 0.6) is 11.5 Å². The second-order valence-corrected chi connectivity index (χ2v) is 6.69. The summed E-state index contributed by atoms with van der Waals surface area (Å²) in [6.45, 7) is 0.975. The molecule has 0 fully saturated rings. The zero-order chi connectivity index (χ0) is 17.3. The first kappa shape index (κ1) is 15.2. The minimum Gasteiger partial charge on any atom is -0.457 e. The fraction of sp³-hybridized carbons (Fsp3) is 0.130. The summed E-state index contributed by atoms with van der Waals surface area (Å²) < 4.78 is 6.02. The van der Waals surface area contributed by atoms with E-state index in [9.17, 15) is 0 Å². The van der Waals surface area contributed by atoms with Gasteiger partial charge >= 0.3 is 0 Å². The number of rotatable bonds is 3. The van der Waals surface area contributed by atoms with Crippen LogP contribution in [-0.2, 0) is 6.42 Å². The molecular formula is C23H20N2O. The molecule has 0 saturated heterocycles. The summed E-state index contributed by atoms with van der Waals surface area (Å²) in [6, 6.07) is 27.0. The van der Waals surface area contributed by atoms with E-state index in [0.717, 1.165) is 24.5 Å². The van der Waals surface area contributed by atoms with Gasteiger partial charge in [-0.1, -0.05) is 48.5 Å². The van der Waals surface area contributed by atoms with E-state index >= 15 is 0 Å². The van der Waals surface area contributed by atoms with Crippen LogP contribution in [0, 0.1) is 0 Å². The fourth-order valence-electron chi connectivity index (χ4n) is 3.85. The van der Waals surface area contributed by atoms with Crippen LogP contribution in [0.4, 0.5) is 0 Å². The van der Waals surface area contributed by atoms with E-state index in [1.807, 2.05) is 36.4 Å². The van der Waals surface area contributed by atoms with Crippen LogP contribution in [0.3, 0.4) is 0 Å². The van der Waals surface area contributed by atoms with Crippen LogP contribution in [-0.4, -0.2) is 11.5 Å². The molecule has 1 aliphatic rings. The van der Waals surface area contributed by atoms with E-state index in [4.69, 9.17) is 4.74 Å². The van der Waals surface area contributed by atoms with Crippen LogP contribution in [0.1, 0.15) is 22.9 Å². The molecule has 2 N–H and O–H groups in total. The Morgan fingerprint density at radius 3 is 2.54 bits per heavy atom. The molecule has 5 rings (SSSR count). The van der Waals surface area contributed by atoms with Gasteiger partial charge in [-0.05, 0) is 47.9 Å². The van der Waals surface area contributed by atoms with E-state index in [1.54, 1.807) is 0 Å². The number of ether oxygens (including phenoxy) is 1. The molecule has 26 heavy (non-hydrogen) atoms. The Morgan fingerprint density at radius 2 is 1.62 bits per heavy atom. The maximum atomic E-state index is 6.02. The van der Waals surface area contributed by atoms with Crippen molar-refractivity contribution in [3.05, 3.63) is 95.7 Å². The first-order valence-electron chi connectivity index (χ1n) is 9.04. The van der Waals surface area contributed by atoms with Gasteiger partial charge < -0.3 is 15.0 Å². The van der Waals surface area contributed by atoms with Crippen molar-refractivity contribution >= 4 is 10.9 Å². The van der Waals surface area contributed by atoms with Gasteiger partial charge in [0.1, 0.15) is 11.5 Å². The highest BCUT2D eigenvalue weighted by Crippen LogP contribution is 2.34. The molecule has 4 aromatic rings. The molecule has 0 bridgehead atoms. The highest BCUT2D eigenvalue weighted by atomic mass is 16.5. The Morgan fingerprint density at radius 1 is 0.808 bits per heavy atom. The Kier molecular flexibility index (Phi) is 3.72. The molecule has 2 heterocycles. The van der Waals surface area contributed by atoms with Gasteiger partial charge in [0.15, 0.2) is 0 Å². The fourth-order valence-corrected chi connectivity index (χ4v) is 3.85. The lowest BCUT2D eigenvalue weighted by molar-refractivity contribution is 0.479. The zero-order valence-electron chi connectivity index (χ0n) is 14.4. The second kappa shape index (κ2) is 6.36. The summed E-state index contributed by atoms with van der Waals surface area (Å²) in [7, 11) is 0. The summed E-state index contributed by atoms with van der Waals surface area (Å²) in [6.07, 6.45) is 1.05. The molecule has 1 aliphatic heterocycles.